The second kappa shape index (κ2) is 7.49. The Morgan fingerprint density at radius 2 is 1.90 bits per heavy atom. The second-order valence-electron chi connectivity index (χ2n) is 8.36. The van der Waals surface area contributed by atoms with Crippen molar-refractivity contribution in [1.29, 1.82) is 0 Å². The highest BCUT2D eigenvalue weighted by Gasteiger charge is 2.21. The molecule has 30 heavy (non-hydrogen) atoms. The molecular formula is C25H22N2S3. The average molecular weight is 447 g/mol. The molecule has 0 N–H and O–H groups in total. The van der Waals surface area contributed by atoms with Gasteiger partial charge >= 0.3 is 0 Å². The van der Waals surface area contributed by atoms with Gasteiger partial charge in [-0.2, -0.15) is 0 Å². The molecule has 5 rings (SSSR count). The number of benzene rings is 2. The highest BCUT2D eigenvalue weighted by Crippen LogP contribution is 2.42. The average Bonchev–Trinajstić information content (AvgIpc) is 3.34. The molecule has 0 aliphatic carbocycles. The largest absolute Gasteiger partial charge is 0.236 e. The van der Waals surface area contributed by atoms with Crippen molar-refractivity contribution in [3.05, 3.63) is 65.2 Å². The third-order valence-corrected chi connectivity index (χ3v) is 8.17. The Labute approximate surface area is 188 Å². The number of hydrogen-bond acceptors (Lipinski definition) is 5. The molecule has 2 nitrogen and oxygen atoms in total. The molecule has 5 aromatic rings. The fourth-order valence-corrected chi connectivity index (χ4v) is 6.69. The van der Waals surface area contributed by atoms with Crippen molar-refractivity contribution < 1.29 is 0 Å². The lowest BCUT2D eigenvalue weighted by Gasteiger charge is -2.21. The number of fused-ring (bicyclic) bond motifs is 4. The van der Waals surface area contributed by atoms with E-state index in [1.165, 1.54) is 36.2 Å². The number of thioether (sulfide) groups is 1. The zero-order valence-corrected chi connectivity index (χ0v) is 19.8. The summed E-state index contributed by atoms with van der Waals surface area (Å²) in [4.78, 5) is 11.7. The standard InChI is InChI=1S/C25H22N2S3/c1-5-9-28-17-6-7-18-20(13-17)30-24-21(18)22(26-14-27-24)16-11-15-8-10-29-23(15)19(12-16)25(2,3)4/h5-14H,1-4H3/b9-5+. The van der Waals surface area contributed by atoms with E-state index in [-0.39, 0.29) is 5.41 Å². The van der Waals surface area contributed by atoms with Crippen molar-refractivity contribution in [3.8, 4) is 11.3 Å². The third-order valence-electron chi connectivity index (χ3n) is 5.21. The predicted molar refractivity (Wildman–Crippen MR) is 135 cm³/mol. The Morgan fingerprint density at radius 1 is 1.03 bits per heavy atom. The van der Waals surface area contributed by atoms with Gasteiger partial charge in [0.25, 0.3) is 0 Å². The van der Waals surface area contributed by atoms with Crippen molar-refractivity contribution in [2.45, 2.75) is 38.0 Å². The van der Waals surface area contributed by atoms with Crippen LogP contribution in [0.1, 0.15) is 33.3 Å². The molecule has 0 amide bonds. The van der Waals surface area contributed by atoms with Gasteiger partial charge in [0.15, 0.2) is 0 Å². The van der Waals surface area contributed by atoms with Gasteiger partial charge in [0.1, 0.15) is 11.2 Å². The first kappa shape index (κ1) is 19.7. The first-order valence-corrected chi connectivity index (χ1v) is 12.5. The molecule has 0 aliphatic rings. The maximum Gasteiger partial charge on any atom is 0.128 e. The van der Waals surface area contributed by atoms with E-state index in [1.807, 2.05) is 18.3 Å². The first-order chi connectivity index (χ1) is 14.5. The summed E-state index contributed by atoms with van der Waals surface area (Å²) in [7, 11) is 0. The SMILES string of the molecule is C/C=C/Sc1ccc2c(c1)sc1ncnc(-c3cc(C(C)(C)C)c4sccc4c3)c12. The van der Waals surface area contributed by atoms with Crippen molar-refractivity contribution in [3.63, 3.8) is 0 Å². The Hall–Kier alpha value is -2.21. The van der Waals surface area contributed by atoms with E-state index in [0.29, 0.717) is 0 Å². The molecular weight excluding hydrogens is 424 g/mol. The van der Waals surface area contributed by atoms with Gasteiger partial charge in [-0.3, -0.25) is 0 Å². The minimum atomic E-state index is 0.0703. The molecule has 5 heteroatoms. The number of allylic oxidation sites excluding steroid dienone is 1. The van der Waals surface area contributed by atoms with E-state index in [4.69, 9.17) is 4.98 Å². The minimum Gasteiger partial charge on any atom is -0.236 e. The van der Waals surface area contributed by atoms with Gasteiger partial charge in [0, 0.05) is 30.6 Å². The van der Waals surface area contributed by atoms with Crippen LogP contribution >= 0.6 is 34.4 Å². The fourth-order valence-electron chi connectivity index (χ4n) is 3.80. The zero-order chi connectivity index (χ0) is 20.9. The van der Waals surface area contributed by atoms with Crippen molar-refractivity contribution in [1.82, 2.24) is 9.97 Å². The van der Waals surface area contributed by atoms with Gasteiger partial charge in [-0.15, -0.1) is 22.7 Å². The summed E-state index contributed by atoms with van der Waals surface area (Å²) in [5.74, 6) is 0. The Kier molecular flexibility index (Phi) is 4.92. The van der Waals surface area contributed by atoms with Crippen molar-refractivity contribution in [2.75, 3.05) is 0 Å². The molecule has 2 aromatic carbocycles. The summed E-state index contributed by atoms with van der Waals surface area (Å²) in [6, 6.07) is 13.5. The maximum atomic E-state index is 4.77. The summed E-state index contributed by atoms with van der Waals surface area (Å²) >= 11 is 5.31. The smallest absolute Gasteiger partial charge is 0.128 e. The minimum absolute atomic E-state index is 0.0703. The molecule has 3 heterocycles. The number of rotatable bonds is 3. The molecule has 0 atom stereocenters. The summed E-state index contributed by atoms with van der Waals surface area (Å²) in [6.45, 7) is 8.89. The van der Waals surface area contributed by atoms with E-state index in [2.05, 4.69) is 79.0 Å². The molecule has 0 spiro atoms. The number of aromatic nitrogens is 2. The van der Waals surface area contributed by atoms with E-state index < -0.39 is 0 Å². The van der Waals surface area contributed by atoms with Crippen LogP contribution in [-0.2, 0) is 5.41 Å². The summed E-state index contributed by atoms with van der Waals surface area (Å²) in [5, 5.41) is 7.99. The molecule has 150 valence electrons. The van der Waals surface area contributed by atoms with Crippen molar-refractivity contribution >= 4 is 64.8 Å². The fraction of sp³-hybridized carbons (Fsp3) is 0.200. The van der Waals surface area contributed by atoms with Crippen LogP contribution in [0.2, 0.25) is 0 Å². The number of thiophene rings is 2. The lowest BCUT2D eigenvalue weighted by Crippen LogP contribution is -2.11. The van der Waals surface area contributed by atoms with Crippen molar-refractivity contribution in [2.24, 2.45) is 0 Å². The first-order valence-electron chi connectivity index (χ1n) is 9.93. The molecule has 0 unspecified atom stereocenters. The van der Waals surface area contributed by atoms with E-state index in [0.717, 1.165) is 15.9 Å². The van der Waals surface area contributed by atoms with E-state index in [9.17, 15) is 0 Å². The molecule has 0 bridgehead atoms. The number of nitrogens with zero attached hydrogens (tertiary/aromatic N) is 2. The van der Waals surface area contributed by atoms with Crippen LogP contribution in [0.25, 0.3) is 41.6 Å². The van der Waals surface area contributed by atoms with Gasteiger partial charge in [0.2, 0.25) is 0 Å². The summed E-state index contributed by atoms with van der Waals surface area (Å²) in [6.07, 6.45) is 3.77. The topological polar surface area (TPSA) is 25.8 Å². The van der Waals surface area contributed by atoms with E-state index in [1.54, 1.807) is 29.4 Å². The quantitative estimate of drug-likeness (QED) is 0.259. The Balaban J connectivity index is 1.77. The lowest BCUT2D eigenvalue weighted by molar-refractivity contribution is 0.597. The van der Waals surface area contributed by atoms with Crippen LogP contribution in [0.3, 0.4) is 0 Å². The van der Waals surface area contributed by atoms with E-state index >= 15 is 0 Å². The molecule has 3 aromatic heterocycles. The van der Waals surface area contributed by atoms with Gasteiger partial charge in [-0.25, -0.2) is 9.97 Å². The van der Waals surface area contributed by atoms with Gasteiger partial charge in [-0.1, -0.05) is 44.7 Å². The van der Waals surface area contributed by atoms with Gasteiger partial charge in [0.05, 0.1) is 5.69 Å². The third kappa shape index (κ3) is 3.35. The van der Waals surface area contributed by atoms with Crippen LogP contribution in [0, 0.1) is 0 Å². The zero-order valence-electron chi connectivity index (χ0n) is 17.4. The number of hydrogen-bond donors (Lipinski definition) is 0. The maximum absolute atomic E-state index is 4.77. The Morgan fingerprint density at radius 3 is 2.70 bits per heavy atom. The molecule has 0 saturated heterocycles. The van der Waals surface area contributed by atoms with Gasteiger partial charge < -0.3 is 0 Å². The molecule has 0 fully saturated rings. The highest BCUT2D eigenvalue weighted by atomic mass is 32.2. The second-order valence-corrected chi connectivity index (χ2v) is 11.3. The highest BCUT2D eigenvalue weighted by molar-refractivity contribution is 8.02. The predicted octanol–water partition coefficient (Wildman–Crippen LogP) is 8.65. The summed E-state index contributed by atoms with van der Waals surface area (Å²) in [5.41, 5.74) is 3.64. The summed E-state index contributed by atoms with van der Waals surface area (Å²) < 4.78 is 2.63. The van der Waals surface area contributed by atoms with Gasteiger partial charge in [-0.05, 0) is 64.4 Å². The van der Waals surface area contributed by atoms with Crippen LogP contribution in [0.4, 0.5) is 0 Å². The molecule has 0 radical (unpaired) electrons. The molecule has 0 aliphatic heterocycles. The van der Waals surface area contributed by atoms with Crippen LogP contribution < -0.4 is 0 Å². The lowest BCUT2D eigenvalue weighted by atomic mass is 9.85. The molecule has 0 saturated carbocycles. The van der Waals surface area contributed by atoms with Crippen LogP contribution in [0.5, 0.6) is 0 Å². The van der Waals surface area contributed by atoms with Crippen LogP contribution in [-0.4, -0.2) is 9.97 Å². The monoisotopic (exact) mass is 446 g/mol. The Bertz CT molecular complexity index is 1420. The normalized spacial score (nSPS) is 12.7. The van der Waals surface area contributed by atoms with Crippen LogP contribution in [0.15, 0.2) is 64.5 Å².